The maximum absolute atomic E-state index is 14.5. The molecular formula is C20H21F2N5O2. The lowest BCUT2D eigenvalue weighted by atomic mass is 9.92. The first-order chi connectivity index (χ1) is 14.0. The molecule has 0 spiro atoms. The maximum atomic E-state index is 14.5. The Bertz CT molecular complexity index is 1010. The number of ether oxygens (including phenoxy) is 1. The van der Waals surface area contributed by atoms with Crippen LogP contribution in [0.15, 0.2) is 53.1 Å². The van der Waals surface area contributed by atoms with Crippen LogP contribution >= 0.6 is 0 Å². The molecule has 9 heteroatoms. The number of aromatic nitrogens is 2. The summed E-state index contributed by atoms with van der Waals surface area (Å²) in [6.07, 6.45) is 0. The zero-order valence-corrected chi connectivity index (χ0v) is 16.3. The molecule has 2 aromatic carbocycles. The molecule has 1 N–H and O–H groups in total. The van der Waals surface area contributed by atoms with Crippen LogP contribution in [0.3, 0.4) is 0 Å². The van der Waals surface area contributed by atoms with Gasteiger partial charge >= 0.3 is 0 Å². The molecule has 0 saturated carbocycles. The van der Waals surface area contributed by atoms with Gasteiger partial charge < -0.3 is 9.26 Å². The molecule has 152 valence electrons. The fraction of sp³-hybridized carbons (Fsp3) is 0.300. The molecule has 2 unspecified atom stereocenters. The molecule has 1 fully saturated rings. The van der Waals surface area contributed by atoms with Crippen molar-refractivity contribution in [2.45, 2.75) is 18.5 Å². The van der Waals surface area contributed by atoms with Gasteiger partial charge in [-0.2, -0.15) is 10.5 Å². The Balaban J connectivity index is 1.76. The second kappa shape index (κ2) is 7.51. The van der Waals surface area contributed by atoms with E-state index in [4.69, 9.17) is 9.26 Å². The van der Waals surface area contributed by atoms with Crippen molar-refractivity contribution >= 4 is 5.69 Å². The van der Waals surface area contributed by atoms with Gasteiger partial charge in [-0.25, -0.2) is 13.8 Å². The first-order valence-electron chi connectivity index (χ1n) is 9.08. The maximum Gasteiger partial charge on any atom is 0.250 e. The van der Waals surface area contributed by atoms with Crippen molar-refractivity contribution < 1.29 is 18.0 Å². The third-order valence-corrected chi connectivity index (χ3v) is 5.33. The van der Waals surface area contributed by atoms with Crippen molar-refractivity contribution in [1.29, 1.82) is 0 Å². The van der Waals surface area contributed by atoms with Gasteiger partial charge in [-0.05, 0) is 31.2 Å². The molecule has 29 heavy (non-hydrogen) atoms. The van der Waals surface area contributed by atoms with E-state index in [1.54, 1.807) is 60.6 Å². The topological polar surface area (TPSA) is 66.7 Å². The summed E-state index contributed by atoms with van der Waals surface area (Å²) < 4.78 is 39.6. The van der Waals surface area contributed by atoms with Crippen molar-refractivity contribution in [2.75, 3.05) is 25.8 Å². The van der Waals surface area contributed by atoms with E-state index in [1.807, 2.05) is 6.92 Å². The van der Waals surface area contributed by atoms with Crippen molar-refractivity contribution in [2.24, 2.45) is 0 Å². The molecule has 2 heterocycles. The van der Waals surface area contributed by atoms with Crippen LogP contribution in [0, 0.1) is 11.6 Å². The normalized spacial score (nSPS) is 22.4. The lowest BCUT2D eigenvalue weighted by Crippen LogP contribution is -2.48. The molecule has 2 atom stereocenters. The molecule has 1 aliphatic rings. The number of hydrogen-bond donors (Lipinski definition) is 1. The van der Waals surface area contributed by atoms with Gasteiger partial charge in [0.25, 0.3) is 5.89 Å². The molecule has 1 saturated heterocycles. The monoisotopic (exact) mass is 401 g/mol. The Morgan fingerprint density at radius 1 is 1.14 bits per heavy atom. The molecule has 7 nitrogen and oxygen atoms in total. The van der Waals surface area contributed by atoms with E-state index in [-0.39, 0.29) is 29.7 Å². The number of para-hydroxylation sites is 1. The largest absolute Gasteiger partial charge is 0.382 e. The predicted octanol–water partition coefficient (Wildman–Crippen LogP) is 3.12. The summed E-state index contributed by atoms with van der Waals surface area (Å²) >= 11 is 0. The Hall–Kier alpha value is -2.88. The summed E-state index contributed by atoms with van der Waals surface area (Å²) in [5, 5.41) is 7.39. The van der Waals surface area contributed by atoms with Crippen molar-refractivity contribution in [3.8, 4) is 11.4 Å². The summed E-state index contributed by atoms with van der Waals surface area (Å²) in [7, 11) is 3.35. The standard InChI is InChI=1S/C20H21F2N5O2/c1-20(19-23-18(24-29-19)13-8-4-5-9-14(13)21)17(12-28-3)27(25-26(20)2)16-11-7-6-10-15(16)22/h4-11,17,25H,12H2,1-3H3. The molecule has 0 aliphatic carbocycles. The average Bonchev–Trinajstić information content (AvgIpc) is 3.29. The second-order valence-electron chi connectivity index (χ2n) is 7.00. The highest BCUT2D eigenvalue weighted by atomic mass is 19.1. The van der Waals surface area contributed by atoms with Crippen molar-refractivity contribution in [3.63, 3.8) is 0 Å². The Morgan fingerprint density at radius 2 is 1.83 bits per heavy atom. The van der Waals surface area contributed by atoms with E-state index in [1.165, 1.54) is 12.1 Å². The van der Waals surface area contributed by atoms with Gasteiger partial charge in [0.05, 0.1) is 23.9 Å². The number of nitrogens with one attached hydrogen (secondary N) is 1. The number of nitrogens with zero attached hydrogens (tertiary/aromatic N) is 4. The number of likely N-dealkylation sites (N-methyl/N-ethyl adjacent to an activating group) is 1. The number of rotatable bonds is 5. The molecule has 0 amide bonds. The van der Waals surface area contributed by atoms with Gasteiger partial charge in [0.15, 0.2) is 0 Å². The minimum Gasteiger partial charge on any atom is -0.382 e. The van der Waals surface area contributed by atoms with E-state index in [0.29, 0.717) is 5.69 Å². The van der Waals surface area contributed by atoms with Crippen LogP contribution in [-0.2, 0) is 10.3 Å². The van der Waals surface area contributed by atoms with E-state index in [2.05, 4.69) is 15.7 Å². The lowest BCUT2D eigenvalue weighted by molar-refractivity contribution is 0.0672. The fourth-order valence-corrected chi connectivity index (χ4v) is 3.54. The molecule has 1 aliphatic heterocycles. The van der Waals surface area contributed by atoms with Crippen LogP contribution in [0.2, 0.25) is 0 Å². The van der Waals surface area contributed by atoms with Crippen LogP contribution in [0.1, 0.15) is 12.8 Å². The van der Waals surface area contributed by atoms with Crippen molar-refractivity contribution in [3.05, 3.63) is 66.1 Å². The SMILES string of the molecule is COCC1N(c2ccccc2F)NN(C)C1(C)c1nc(-c2ccccc2F)no1. The summed E-state index contributed by atoms with van der Waals surface area (Å²) in [5.41, 5.74) is 2.86. The van der Waals surface area contributed by atoms with Gasteiger partial charge in [-0.15, -0.1) is 0 Å². The predicted molar refractivity (Wildman–Crippen MR) is 102 cm³/mol. The Kier molecular flexibility index (Phi) is 5.03. The minimum atomic E-state index is -0.880. The zero-order valence-electron chi connectivity index (χ0n) is 16.3. The number of benzene rings is 2. The molecular weight excluding hydrogens is 380 g/mol. The molecule has 1 aromatic heterocycles. The summed E-state index contributed by atoms with van der Waals surface area (Å²) in [5.74, 6) is -0.416. The van der Waals surface area contributed by atoms with E-state index < -0.39 is 17.4 Å². The van der Waals surface area contributed by atoms with Gasteiger partial charge in [0.1, 0.15) is 17.2 Å². The first kappa shape index (κ1) is 19.4. The smallest absolute Gasteiger partial charge is 0.250 e. The van der Waals surface area contributed by atoms with Crippen LogP contribution in [0.5, 0.6) is 0 Å². The molecule has 0 radical (unpaired) electrons. The number of hydrogen-bond acceptors (Lipinski definition) is 7. The highest BCUT2D eigenvalue weighted by Crippen LogP contribution is 2.39. The third-order valence-electron chi connectivity index (χ3n) is 5.33. The highest BCUT2D eigenvalue weighted by Gasteiger charge is 2.54. The van der Waals surface area contributed by atoms with Gasteiger partial charge in [-0.1, -0.05) is 29.4 Å². The van der Waals surface area contributed by atoms with Crippen LogP contribution < -0.4 is 10.5 Å². The van der Waals surface area contributed by atoms with E-state index >= 15 is 0 Å². The van der Waals surface area contributed by atoms with Crippen LogP contribution in [-0.4, -0.2) is 42.0 Å². The van der Waals surface area contributed by atoms with Gasteiger partial charge in [0, 0.05) is 14.2 Å². The van der Waals surface area contributed by atoms with Gasteiger partial charge in [0.2, 0.25) is 5.82 Å². The van der Waals surface area contributed by atoms with E-state index in [9.17, 15) is 8.78 Å². The van der Waals surface area contributed by atoms with Gasteiger partial charge in [-0.3, -0.25) is 5.01 Å². The third kappa shape index (κ3) is 3.17. The van der Waals surface area contributed by atoms with Crippen LogP contribution in [0.4, 0.5) is 14.5 Å². The Labute approximate surface area is 166 Å². The Morgan fingerprint density at radius 3 is 2.52 bits per heavy atom. The summed E-state index contributed by atoms with van der Waals surface area (Å²) in [4.78, 5) is 4.45. The van der Waals surface area contributed by atoms with Crippen LogP contribution in [0.25, 0.3) is 11.4 Å². The average molecular weight is 401 g/mol. The fourth-order valence-electron chi connectivity index (χ4n) is 3.54. The second-order valence-corrected chi connectivity index (χ2v) is 7.00. The number of hydrazine groups is 2. The number of halogens is 2. The zero-order chi connectivity index (χ0) is 20.6. The summed E-state index contributed by atoms with van der Waals surface area (Å²) in [6.45, 7) is 2.13. The molecule has 3 aromatic rings. The molecule has 4 rings (SSSR count). The summed E-state index contributed by atoms with van der Waals surface area (Å²) in [6, 6.07) is 12.2. The highest BCUT2D eigenvalue weighted by molar-refractivity contribution is 5.55. The minimum absolute atomic E-state index is 0.147. The number of methoxy groups -OCH3 is 1. The van der Waals surface area contributed by atoms with Crippen molar-refractivity contribution in [1.82, 2.24) is 20.7 Å². The quantitative estimate of drug-likeness (QED) is 0.705. The molecule has 0 bridgehead atoms. The first-order valence-corrected chi connectivity index (χ1v) is 9.08. The number of anilines is 1. The lowest BCUT2D eigenvalue weighted by Gasteiger charge is -2.32. The van der Waals surface area contributed by atoms with E-state index in [0.717, 1.165) is 0 Å².